The monoisotopic (exact) mass is 247 g/mol. The zero-order valence-electron chi connectivity index (χ0n) is 9.46. The topological polar surface area (TPSA) is 54.4 Å². The van der Waals surface area contributed by atoms with Crippen LogP contribution in [-0.2, 0) is 4.79 Å². The van der Waals surface area contributed by atoms with Gasteiger partial charge in [-0.15, -0.1) is 0 Å². The first-order valence-corrected chi connectivity index (χ1v) is 6.11. The second kappa shape index (κ2) is 5.05. The van der Waals surface area contributed by atoms with Gasteiger partial charge < -0.3 is 5.32 Å². The lowest BCUT2D eigenvalue weighted by Gasteiger charge is -2.18. The lowest BCUT2D eigenvalue weighted by Crippen LogP contribution is -2.26. The van der Waals surface area contributed by atoms with E-state index in [1.54, 1.807) is 6.20 Å². The Kier molecular flexibility index (Phi) is 3.49. The molecule has 1 aliphatic carbocycles. The zero-order chi connectivity index (χ0) is 12.3. The number of allylic oxidation sites excluding steroid dienone is 3. The summed E-state index contributed by atoms with van der Waals surface area (Å²) >= 11 is 1.31. The summed E-state index contributed by atoms with van der Waals surface area (Å²) in [5, 5.41) is 4.06. The number of nitrogens with one attached hydrogen (secondary N) is 1. The van der Waals surface area contributed by atoms with Crippen LogP contribution < -0.4 is 5.32 Å². The van der Waals surface area contributed by atoms with E-state index in [1.165, 1.54) is 11.3 Å². The number of hydrogen-bond acceptors (Lipinski definition) is 4. The van der Waals surface area contributed by atoms with Gasteiger partial charge in [-0.3, -0.25) is 9.79 Å². The third-order valence-corrected chi connectivity index (χ3v) is 3.44. The summed E-state index contributed by atoms with van der Waals surface area (Å²) in [6.45, 7) is 5.43. The van der Waals surface area contributed by atoms with Crippen molar-refractivity contribution in [3.05, 3.63) is 30.5 Å². The molecule has 0 radical (unpaired) electrons. The Labute approximate surface area is 104 Å². The standard InChI is InChI=1S/C12H13N3OS/c1-8-5-3-4-6-9(8)11(16)15-12-14-7-10(13-2)17-12/h3-9H,2H2,1H3,(H,14,15,16). The minimum atomic E-state index is -0.135. The van der Waals surface area contributed by atoms with Gasteiger partial charge in [-0.05, 0) is 12.6 Å². The van der Waals surface area contributed by atoms with Crippen molar-refractivity contribution in [2.45, 2.75) is 6.92 Å². The van der Waals surface area contributed by atoms with Crippen molar-refractivity contribution in [3.8, 4) is 0 Å². The first-order chi connectivity index (χ1) is 8.20. The van der Waals surface area contributed by atoms with Gasteiger partial charge in [0.1, 0.15) is 5.00 Å². The number of anilines is 1. The zero-order valence-corrected chi connectivity index (χ0v) is 10.3. The van der Waals surface area contributed by atoms with Gasteiger partial charge in [0.2, 0.25) is 5.91 Å². The molecule has 0 aliphatic heterocycles. The molecular weight excluding hydrogens is 234 g/mol. The fraction of sp³-hybridized carbons (Fsp3) is 0.250. The van der Waals surface area contributed by atoms with Gasteiger partial charge >= 0.3 is 0 Å². The third-order valence-electron chi connectivity index (χ3n) is 2.59. The molecule has 0 fully saturated rings. The van der Waals surface area contributed by atoms with Crippen LogP contribution in [0, 0.1) is 11.8 Å². The molecule has 0 spiro atoms. The molecular formula is C12H13N3OS. The van der Waals surface area contributed by atoms with Crippen LogP contribution in [0.15, 0.2) is 35.5 Å². The van der Waals surface area contributed by atoms with E-state index in [9.17, 15) is 4.79 Å². The maximum absolute atomic E-state index is 12.0. The number of hydrogen-bond donors (Lipinski definition) is 1. The average Bonchev–Trinajstić information content (AvgIpc) is 2.77. The van der Waals surface area contributed by atoms with Crippen LogP contribution in [0.2, 0.25) is 0 Å². The SMILES string of the molecule is C=Nc1cnc(NC(=O)C2C=CC=CC2C)s1. The number of nitrogens with zero attached hydrogens (tertiary/aromatic N) is 2. The van der Waals surface area contributed by atoms with Gasteiger partial charge in [0.25, 0.3) is 0 Å². The van der Waals surface area contributed by atoms with Gasteiger partial charge in [0.15, 0.2) is 5.13 Å². The maximum atomic E-state index is 12.0. The van der Waals surface area contributed by atoms with Crippen LogP contribution in [0.25, 0.3) is 0 Å². The molecule has 5 heteroatoms. The summed E-state index contributed by atoms with van der Waals surface area (Å²) in [4.78, 5) is 19.8. The minimum absolute atomic E-state index is 0.0388. The molecule has 1 N–H and O–H groups in total. The van der Waals surface area contributed by atoms with E-state index in [-0.39, 0.29) is 17.7 Å². The molecule has 1 aromatic rings. The number of aliphatic imine (C=N–C) groups is 1. The summed E-state index contributed by atoms with van der Waals surface area (Å²) in [6, 6.07) is 0. The second-order valence-corrected chi connectivity index (χ2v) is 4.81. The number of amides is 1. The van der Waals surface area contributed by atoms with Crippen LogP contribution in [-0.4, -0.2) is 17.6 Å². The van der Waals surface area contributed by atoms with E-state index in [0.29, 0.717) is 10.1 Å². The Balaban J connectivity index is 2.04. The highest BCUT2D eigenvalue weighted by atomic mass is 32.1. The molecule has 88 valence electrons. The number of carbonyl (C=O) groups is 1. The Bertz CT molecular complexity index is 490. The molecule has 1 heterocycles. The summed E-state index contributed by atoms with van der Waals surface area (Å²) in [6.07, 6.45) is 9.36. The Morgan fingerprint density at radius 1 is 1.53 bits per heavy atom. The van der Waals surface area contributed by atoms with E-state index >= 15 is 0 Å². The van der Waals surface area contributed by atoms with Crippen LogP contribution in [0.5, 0.6) is 0 Å². The van der Waals surface area contributed by atoms with Crippen molar-refractivity contribution in [2.75, 3.05) is 5.32 Å². The molecule has 2 rings (SSSR count). The number of thiazole rings is 1. The van der Waals surface area contributed by atoms with Gasteiger partial charge in [0.05, 0.1) is 12.1 Å². The normalized spacial score (nSPS) is 22.4. The van der Waals surface area contributed by atoms with Crippen molar-refractivity contribution in [3.63, 3.8) is 0 Å². The van der Waals surface area contributed by atoms with Gasteiger partial charge in [-0.25, -0.2) is 4.98 Å². The first-order valence-electron chi connectivity index (χ1n) is 5.29. The summed E-state index contributed by atoms with van der Waals surface area (Å²) in [5.41, 5.74) is 0. The molecule has 0 aromatic carbocycles. The molecule has 4 nitrogen and oxygen atoms in total. The number of rotatable bonds is 3. The average molecular weight is 247 g/mol. The smallest absolute Gasteiger partial charge is 0.233 e. The van der Waals surface area contributed by atoms with E-state index in [0.717, 1.165) is 0 Å². The molecule has 0 saturated heterocycles. The molecule has 1 amide bonds. The fourth-order valence-electron chi connectivity index (χ4n) is 1.63. The number of aromatic nitrogens is 1. The molecule has 2 unspecified atom stereocenters. The highest BCUT2D eigenvalue weighted by molar-refractivity contribution is 7.19. The third kappa shape index (κ3) is 2.68. The van der Waals surface area contributed by atoms with E-state index in [1.807, 2.05) is 31.2 Å². The first kappa shape index (κ1) is 11.7. The second-order valence-electron chi connectivity index (χ2n) is 3.81. The van der Waals surface area contributed by atoms with Crippen LogP contribution >= 0.6 is 11.3 Å². The molecule has 2 atom stereocenters. The minimum Gasteiger partial charge on any atom is -0.301 e. The fourth-order valence-corrected chi connectivity index (χ4v) is 2.25. The van der Waals surface area contributed by atoms with Crippen molar-refractivity contribution < 1.29 is 4.79 Å². The predicted octanol–water partition coefficient (Wildman–Crippen LogP) is 2.79. The Hall–Kier alpha value is -1.75. The maximum Gasteiger partial charge on any atom is 0.233 e. The van der Waals surface area contributed by atoms with Crippen LogP contribution in [0.4, 0.5) is 10.1 Å². The predicted molar refractivity (Wildman–Crippen MR) is 70.9 cm³/mol. The van der Waals surface area contributed by atoms with Crippen molar-refractivity contribution >= 4 is 34.1 Å². The summed E-state index contributed by atoms with van der Waals surface area (Å²) in [5.74, 6) is 0.0315. The lowest BCUT2D eigenvalue weighted by molar-refractivity contribution is -0.119. The summed E-state index contributed by atoms with van der Waals surface area (Å²) < 4.78 is 0. The van der Waals surface area contributed by atoms with Crippen molar-refractivity contribution in [1.82, 2.24) is 4.98 Å². The van der Waals surface area contributed by atoms with Gasteiger partial charge in [-0.1, -0.05) is 42.6 Å². The molecule has 0 bridgehead atoms. The Morgan fingerprint density at radius 3 is 2.94 bits per heavy atom. The van der Waals surface area contributed by atoms with E-state index in [2.05, 4.69) is 22.0 Å². The van der Waals surface area contributed by atoms with Gasteiger partial charge in [0, 0.05) is 0 Å². The number of carbonyl (C=O) groups excluding carboxylic acids is 1. The summed E-state index contributed by atoms with van der Waals surface area (Å²) in [7, 11) is 0. The highest BCUT2D eigenvalue weighted by Crippen LogP contribution is 2.27. The molecule has 1 aliphatic rings. The highest BCUT2D eigenvalue weighted by Gasteiger charge is 2.22. The van der Waals surface area contributed by atoms with Crippen LogP contribution in [0.3, 0.4) is 0 Å². The van der Waals surface area contributed by atoms with E-state index in [4.69, 9.17) is 0 Å². The van der Waals surface area contributed by atoms with Crippen molar-refractivity contribution in [1.29, 1.82) is 0 Å². The quantitative estimate of drug-likeness (QED) is 0.835. The lowest BCUT2D eigenvalue weighted by atomic mass is 9.89. The van der Waals surface area contributed by atoms with E-state index < -0.39 is 0 Å². The Morgan fingerprint density at radius 2 is 2.29 bits per heavy atom. The molecule has 1 aromatic heterocycles. The molecule has 17 heavy (non-hydrogen) atoms. The van der Waals surface area contributed by atoms with Crippen molar-refractivity contribution in [2.24, 2.45) is 16.8 Å². The molecule has 0 saturated carbocycles. The van der Waals surface area contributed by atoms with Crippen LogP contribution in [0.1, 0.15) is 6.92 Å². The van der Waals surface area contributed by atoms with Gasteiger partial charge in [-0.2, -0.15) is 0 Å². The largest absolute Gasteiger partial charge is 0.301 e.